The first-order valence-corrected chi connectivity index (χ1v) is 9.49. The van der Waals surface area contributed by atoms with Gasteiger partial charge in [0.25, 0.3) is 5.56 Å². The number of hydrogen-bond acceptors (Lipinski definition) is 5. The number of nitrogens with zero attached hydrogens (tertiary/aromatic N) is 3. The van der Waals surface area contributed by atoms with Gasteiger partial charge in [-0.3, -0.25) is 14.1 Å². The van der Waals surface area contributed by atoms with Gasteiger partial charge in [0.1, 0.15) is 0 Å². The lowest BCUT2D eigenvalue weighted by atomic mass is 10.1. The third kappa shape index (κ3) is 3.98. The summed E-state index contributed by atoms with van der Waals surface area (Å²) in [5.41, 5.74) is 2.08. The summed E-state index contributed by atoms with van der Waals surface area (Å²) in [6, 6.07) is 12.0. The predicted molar refractivity (Wildman–Crippen MR) is 98.9 cm³/mol. The lowest BCUT2D eigenvalue weighted by Crippen LogP contribution is -2.37. The van der Waals surface area contributed by atoms with Crippen molar-refractivity contribution in [2.75, 3.05) is 13.1 Å². The van der Waals surface area contributed by atoms with Gasteiger partial charge in [-0.15, -0.1) is 11.3 Å². The van der Waals surface area contributed by atoms with Crippen LogP contribution in [0.5, 0.6) is 0 Å². The van der Waals surface area contributed by atoms with Crippen molar-refractivity contribution in [1.82, 2.24) is 14.3 Å². The van der Waals surface area contributed by atoms with Crippen molar-refractivity contribution in [1.29, 1.82) is 0 Å². The number of thiazole rings is 1. The van der Waals surface area contributed by atoms with E-state index in [0.29, 0.717) is 12.7 Å². The maximum atomic E-state index is 12.1. The number of benzene rings is 1. The van der Waals surface area contributed by atoms with Crippen molar-refractivity contribution in [3.8, 4) is 0 Å². The summed E-state index contributed by atoms with van der Waals surface area (Å²) < 4.78 is 7.63. The van der Waals surface area contributed by atoms with Crippen LogP contribution in [0.25, 0.3) is 4.96 Å². The standard InChI is InChI=1S/C19H21N3O2S/c23-18-12-16(20-19-22(18)10-11-25-19)13-21-8-6-17(7-9-21)24-14-15-4-2-1-3-5-15/h1-5,10-12,17H,6-9,13-14H2. The molecule has 0 radical (unpaired) electrons. The molecule has 5 nitrogen and oxygen atoms in total. The van der Waals surface area contributed by atoms with Crippen LogP contribution in [-0.2, 0) is 17.9 Å². The first-order valence-electron chi connectivity index (χ1n) is 8.61. The Labute approximate surface area is 150 Å². The molecule has 0 amide bonds. The van der Waals surface area contributed by atoms with Crippen molar-refractivity contribution in [3.05, 3.63) is 69.6 Å². The third-order valence-corrected chi connectivity index (χ3v) is 5.36. The van der Waals surface area contributed by atoms with Crippen LogP contribution >= 0.6 is 11.3 Å². The fraction of sp³-hybridized carbons (Fsp3) is 0.368. The topological polar surface area (TPSA) is 46.8 Å². The molecule has 0 N–H and O–H groups in total. The zero-order valence-electron chi connectivity index (χ0n) is 14.0. The highest BCUT2D eigenvalue weighted by atomic mass is 32.1. The molecule has 4 rings (SSSR count). The average Bonchev–Trinajstić information content (AvgIpc) is 3.11. The van der Waals surface area contributed by atoms with Crippen molar-refractivity contribution in [2.24, 2.45) is 0 Å². The molecule has 1 aromatic carbocycles. The highest BCUT2D eigenvalue weighted by Gasteiger charge is 2.20. The Hall–Kier alpha value is -2.02. The van der Waals surface area contributed by atoms with Gasteiger partial charge in [0, 0.05) is 37.3 Å². The zero-order valence-corrected chi connectivity index (χ0v) is 14.8. The van der Waals surface area contributed by atoms with Crippen LogP contribution in [0.1, 0.15) is 24.1 Å². The van der Waals surface area contributed by atoms with E-state index in [4.69, 9.17) is 4.74 Å². The molecule has 1 fully saturated rings. The second-order valence-electron chi connectivity index (χ2n) is 6.41. The van der Waals surface area contributed by atoms with Crippen molar-refractivity contribution in [3.63, 3.8) is 0 Å². The number of fused-ring (bicyclic) bond motifs is 1. The summed E-state index contributed by atoms with van der Waals surface area (Å²) in [4.78, 5) is 19.8. The number of hydrogen-bond donors (Lipinski definition) is 0. The monoisotopic (exact) mass is 355 g/mol. The van der Waals surface area contributed by atoms with Crippen LogP contribution in [-0.4, -0.2) is 33.5 Å². The van der Waals surface area contributed by atoms with E-state index in [9.17, 15) is 4.79 Å². The van der Waals surface area contributed by atoms with Crippen LogP contribution in [0.15, 0.2) is 52.8 Å². The quantitative estimate of drug-likeness (QED) is 0.706. The molecule has 1 aliphatic rings. The predicted octanol–water partition coefficient (Wildman–Crippen LogP) is 2.94. The van der Waals surface area contributed by atoms with E-state index in [1.54, 1.807) is 16.7 Å². The zero-order chi connectivity index (χ0) is 17.1. The van der Waals surface area contributed by atoms with E-state index < -0.39 is 0 Å². The summed E-state index contributed by atoms with van der Waals surface area (Å²) >= 11 is 1.50. The molecule has 130 valence electrons. The van der Waals surface area contributed by atoms with Gasteiger partial charge < -0.3 is 4.74 Å². The maximum Gasteiger partial charge on any atom is 0.258 e. The second kappa shape index (κ2) is 7.47. The first-order chi connectivity index (χ1) is 12.3. The minimum atomic E-state index is 0.00216. The van der Waals surface area contributed by atoms with Gasteiger partial charge in [-0.25, -0.2) is 4.98 Å². The molecule has 0 aliphatic carbocycles. The van der Waals surface area contributed by atoms with Gasteiger partial charge >= 0.3 is 0 Å². The summed E-state index contributed by atoms with van der Waals surface area (Å²) in [7, 11) is 0. The smallest absolute Gasteiger partial charge is 0.258 e. The van der Waals surface area contributed by atoms with Gasteiger partial charge in [-0.1, -0.05) is 30.3 Å². The largest absolute Gasteiger partial charge is 0.373 e. The maximum absolute atomic E-state index is 12.1. The molecule has 6 heteroatoms. The van der Waals surface area contributed by atoms with Crippen LogP contribution in [0.4, 0.5) is 0 Å². The highest BCUT2D eigenvalue weighted by Crippen LogP contribution is 2.17. The molecule has 0 atom stereocenters. The van der Waals surface area contributed by atoms with Crippen LogP contribution in [0, 0.1) is 0 Å². The lowest BCUT2D eigenvalue weighted by molar-refractivity contribution is -0.00414. The number of ether oxygens (including phenoxy) is 1. The number of likely N-dealkylation sites (tertiary alicyclic amines) is 1. The van der Waals surface area contributed by atoms with Gasteiger partial charge in [-0.2, -0.15) is 0 Å². The fourth-order valence-corrected chi connectivity index (χ4v) is 3.96. The molecule has 25 heavy (non-hydrogen) atoms. The van der Waals surface area contributed by atoms with Crippen molar-refractivity contribution < 1.29 is 4.74 Å². The third-order valence-electron chi connectivity index (χ3n) is 4.60. The Morgan fingerprint density at radius 2 is 2.00 bits per heavy atom. The SMILES string of the molecule is O=c1cc(CN2CCC(OCc3ccccc3)CC2)nc2sccn12. The molecular weight excluding hydrogens is 334 g/mol. The molecule has 2 aromatic heterocycles. The number of rotatable bonds is 5. The van der Waals surface area contributed by atoms with E-state index in [0.717, 1.165) is 43.1 Å². The van der Waals surface area contributed by atoms with Gasteiger partial charge in [0.2, 0.25) is 0 Å². The van der Waals surface area contributed by atoms with E-state index in [1.807, 2.05) is 23.6 Å². The van der Waals surface area contributed by atoms with Crippen LogP contribution in [0.2, 0.25) is 0 Å². The number of aromatic nitrogens is 2. The van der Waals surface area contributed by atoms with Crippen molar-refractivity contribution in [2.45, 2.75) is 32.1 Å². The fourth-order valence-electron chi connectivity index (χ4n) is 3.22. The molecule has 0 unspecified atom stereocenters. The van der Waals surface area contributed by atoms with E-state index >= 15 is 0 Å². The Bertz CT molecular complexity index is 882. The Morgan fingerprint density at radius 1 is 1.20 bits per heavy atom. The summed E-state index contributed by atoms with van der Waals surface area (Å²) in [6.07, 6.45) is 4.13. The summed E-state index contributed by atoms with van der Waals surface area (Å²) in [6.45, 7) is 3.36. The minimum absolute atomic E-state index is 0.00216. The Morgan fingerprint density at radius 3 is 2.80 bits per heavy atom. The Kier molecular flexibility index (Phi) is 4.92. The van der Waals surface area contributed by atoms with E-state index in [2.05, 4.69) is 22.0 Å². The minimum Gasteiger partial charge on any atom is -0.373 e. The van der Waals surface area contributed by atoms with Gasteiger partial charge in [0.15, 0.2) is 4.96 Å². The molecule has 0 bridgehead atoms. The summed E-state index contributed by atoms with van der Waals surface area (Å²) in [5, 5.41) is 1.89. The molecular formula is C19H21N3O2S. The molecule has 3 aromatic rings. The highest BCUT2D eigenvalue weighted by molar-refractivity contribution is 7.15. The summed E-state index contributed by atoms with van der Waals surface area (Å²) in [5.74, 6) is 0. The average molecular weight is 355 g/mol. The normalized spacial score (nSPS) is 16.5. The molecule has 3 heterocycles. The molecule has 1 aliphatic heterocycles. The van der Waals surface area contributed by atoms with Crippen LogP contribution < -0.4 is 5.56 Å². The number of piperidine rings is 1. The molecule has 0 saturated carbocycles. The second-order valence-corrected chi connectivity index (χ2v) is 7.29. The first kappa shape index (κ1) is 16.4. The van der Waals surface area contributed by atoms with E-state index in [-0.39, 0.29) is 5.56 Å². The van der Waals surface area contributed by atoms with Crippen LogP contribution in [0.3, 0.4) is 0 Å². The molecule has 0 spiro atoms. The van der Waals surface area contributed by atoms with Gasteiger partial charge in [0.05, 0.1) is 18.4 Å². The lowest BCUT2D eigenvalue weighted by Gasteiger charge is -2.31. The Balaban J connectivity index is 1.30. The molecule has 1 saturated heterocycles. The van der Waals surface area contributed by atoms with Crippen molar-refractivity contribution >= 4 is 16.3 Å². The van der Waals surface area contributed by atoms with Gasteiger partial charge in [-0.05, 0) is 18.4 Å². The van der Waals surface area contributed by atoms with E-state index in [1.165, 1.54) is 16.9 Å².